The van der Waals surface area contributed by atoms with Gasteiger partial charge in [0.25, 0.3) is 5.56 Å². The molecule has 1 heterocycles. The van der Waals surface area contributed by atoms with Gasteiger partial charge in [-0.2, -0.15) is 5.10 Å². The van der Waals surface area contributed by atoms with Crippen LogP contribution < -0.4 is 11.3 Å². The number of carbonyl (C=O) groups excluding carboxylic acids is 1. The first-order chi connectivity index (χ1) is 14.4. The third-order valence-corrected chi connectivity index (χ3v) is 4.65. The van der Waals surface area contributed by atoms with E-state index < -0.39 is 17.3 Å². The average Bonchev–Trinajstić information content (AvgIpc) is 2.76. The lowest BCUT2D eigenvalue weighted by Gasteiger charge is -2.10. The Morgan fingerprint density at radius 3 is 2.63 bits per heavy atom. The van der Waals surface area contributed by atoms with Crippen molar-refractivity contribution in [3.63, 3.8) is 0 Å². The van der Waals surface area contributed by atoms with E-state index in [1.54, 1.807) is 24.3 Å². The van der Waals surface area contributed by atoms with Crippen LogP contribution in [-0.4, -0.2) is 22.9 Å². The summed E-state index contributed by atoms with van der Waals surface area (Å²) in [6, 6.07) is 12.8. The minimum atomic E-state index is -0.778. The van der Waals surface area contributed by atoms with E-state index in [2.05, 4.69) is 5.10 Å². The van der Waals surface area contributed by atoms with Gasteiger partial charge in [0, 0.05) is 22.7 Å². The van der Waals surface area contributed by atoms with Gasteiger partial charge in [-0.1, -0.05) is 35.9 Å². The van der Waals surface area contributed by atoms with Gasteiger partial charge < -0.3 is 10.5 Å². The maximum atomic E-state index is 13.8. The van der Waals surface area contributed by atoms with E-state index in [1.165, 1.54) is 31.4 Å². The van der Waals surface area contributed by atoms with E-state index in [4.69, 9.17) is 22.1 Å². The van der Waals surface area contributed by atoms with Crippen molar-refractivity contribution < 1.29 is 13.9 Å². The number of esters is 1. The van der Waals surface area contributed by atoms with Crippen LogP contribution in [0.15, 0.2) is 59.4 Å². The molecular weight excluding hydrogens is 409 g/mol. The molecule has 8 heteroatoms. The Bertz CT molecular complexity index is 1160. The van der Waals surface area contributed by atoms with Crippen LogP contribution in [0.1, 0.15) is 21.5 Å². The van der Waals surface area contributed by atoms with Gasteiger partial charge in [-0.25, -0.2) is 13.9 Å². The maximum absolute atomic E-state index is 13.8. The first kappa shape index (κ1) is 21.4. The molecule has 0 radical (unpaired) electrons. The number of halogens is 2. The van der Waals surface area contributed by atoms with Crippen LogP contribution in [0.2, 0.25) is 5.02 Å². The molecule has 0 saturated heterocycles. The number of nitrogens with zero attached hydrogens (tertiary/aromatic N) is 2. The Balaban J connectivity index is 2.01. The number of nitrogens with two attached hydrogens (primary N) is 1. The lowest BCUT2D eigenvalue weighted by molar-refractivity contribution is 0.0597. The standard InChI is InChI=1S/C22H19ClFN3O3/c1-30-22(29)18-12-20(15-6-9-19(24)16(11-15)13-25)26-27(21(18)28)10-2-3-14-4-7-17(23)8-5-14/h2-9,11-12H,10,13,25H2,1H3. The third-order valence-electron chi connectivity index (χ3n) is 4.40. The fraction of sp³-hybridized carbons (Fsp3) is 0.136. The van der Waals surface area contributed by atoms with Crippen LogP contribution in [0, 0.1) is 5.82 Å². The van der Waals surface area contributed by atoms with E-state index >= 15 is 0 Å². The van der Waals surface area contributed by atoms with Gasteiger partial charge >= 0.3 is 5.97 Å². The molecule has 0 aliphatic heterocycles. The molecule has 2 aromatic carbocycles. The number of aromatic nitrogens is 2. The second-order valence-corrected chi connectivity index (χ2v) is 6.82. The van der Waals surface area contributed by atoms with Crippen LogP contribution in [0.4, 0.5) is 4.39 Å². The molecule has 2 N–H and O–H groups in total. The van der Waals surface area contributed by atoms with Gasteiger partial charge in [-0.3, -0.25) is 4.79 Å². The first-order valence-corrected chi connectivity index (χ1v) is 9.42. The van der Waals surface area contributed by atoms with E-state index in [0.29, 0.717) is 21.8 Å². The summed E-state index contributed by atoms with van der Waals surface area (Å²) in [4.78, 5) is 24.8. The highest BCUT2D eigenvalue weighted by Gasteiger charge is 2.17. The Labute approximate surface area is 177 Å². The fourth-order valence-corrected chi connectivity index (χ4v) is 2.94. The summed E-state index contributed by atoms with van der Waals surface area (Å²) in [5.41, 5.74) is 6.86. The van der Waals surface area contributed by atoms with Crippen molar-refractivity contribution in [1.82, 2.24) is 9.78 Å². The monoisotopic (exact) mass is 427 g/mol. The van der Waals surface area contributed by atoms with Crippen LogP contribution in [0.5, 0.6) is 0 Å². The highest BCUT2D eigenvalue weighted by atomic mass is 35.5. The van der Waals surface area contributed by atoms with Gasteiger partial charge in [0.15, 0.2) is 0 Å². The molecule has 6 nitrogen and oxygen atoms in total. The molecule has 0 aliphatic carbocycles. The summed E-state index contributed by atoms with van der Waals surface area (Å²) < 4.78 is 19.7. The molecule has 0 spiro atoms. The molecule has 0 bridgehead atoms. The highest BCUT2D eigenvalue weighted by molar-refractivity contribution is 6.30. The summed E-state index contributed by atoms with van der Waals surface area (Å²) in [5, 5.41) is 4.95. The third kappa shape index (κ3) is 4.82. The smallest absolute Gasteiger partial charge is 0.343 e. The molecule has 1 aromatic heterocycles. The molecule has 154 valence electrons. The summed E-state index contributed by atoms with van der Waals surface area (Å²) in [5.74, 6) is -1.21. The summed E-state index contributed by atoms with van der Waals surface area (Å²) >= 11 is 5.88. The molecule has 0 amide bonds. The minimum absolute atomic E-state index is 0.00695. The summed E-state index contributed by atoms with van der Waals surface area (Å²) in [7, 11) is 1.19. The zero-order valence-electron chi connectivity index (χ0n) is 16.1. The van der Waals surface area contributed by atoms with Crippen molar-refractivity contribution in [2.45, 2.75) is 13.1 Å². The molecule has 0 atom stereocenters. The maximum Gasteiger partial charge on any atom is 0.343 e. The molecule has 0 fully saturated rings. The van der Waals surface area contributed by atoms with Crippen LogP contribution in [0.25, 0.3) is 17.3 Å². The number of hydrogen-bond donors (Lipinski definition) is 1. The van der Waals surface area contributed by atoms with E-state index in [9.17, 15) is 14.0 Å². The topological polar surface area (TPSA) is 87.2 Å². The van der Waals surface area contributed by atoms with Gasteiger partial charge in [0.2, 0.25) is 0 Å². The molecule has 3 rings (SSSR count). The van der Waals surface area contributed by atoms with Gasteiger partial charge in [-0.05, 0) is 42.0 Å². The normalized spacial score (nSPS) is 11.1. The zero-order valence-corrected chi connectivity index (χ0v) is 16.9. The Morgan fingerprint density at radius 2 is 1.97 bits per heavy atom. The van der Waals surface area contributed by atoms with Gasteiger partial charge in [-0.15, -0.1) is 0 Å². The minimum Gasteiger partial charge on any atom is -0.465 e. The number of benzene rings is 2. The van der Waals surface area contributed by atoms with Crippen molar-refractivity contribution in [1.29, 1.82) is 0 Å². The molecule has 0 aliphatic rings. The lowest BCUT2D eigenvalue weighted by Crippen LogP contribution is -2.29. The van der Waals surface area contributed by atoms with Gasteiger partial charge in [0.05, 0.1) is 19.3 Å². The number of methoxy groups -OCH3 is 1. The van der Waals surface area contributed by atoms with Crippen LogP contribution in [0.3, 0.4) is 0 Å². The molecule has 0 unspecified atom stereocenters. The Morgan fingerprint density at radius 1 is 1.23 bits per heavy atom. The number of rotatable bonds is 6. The fourth-order valence-electron chi connectivity index (χ4n) is 2.82. The number of allylic oxidation sites excluding steroid dienone is 1. The predicted molar refractivity (Wildman–Crippen MR) is 114 cm³/mol. The lowest BCUT2D eigenvalue weighted by atomic mass is 10.1. The van der Waals surface area contributed by atoms with Crippen LogP contribution >= 0.6 is 11.6 Å². The van der Waals surface area contributed by atoms with Crippen molar-refractivity contribution in [2.24, 2.45) is 5.73 Å². The van der Waals surface area contributed by atoms with Crippen molar-refractivity contribution in [3.05, 3.63) is 92.5 Å². The predicted octanol–water partition coefficient (Wildman–Crippen LogP) is 3.66. The molecule has 30 heavy (non-hydrogen) atoms. The molecular formula is C22H19ClFN3O3. The summed E-state index contributed by atoms with van der Waals surface area (Å²) in [6.45, 7) is 0.122. The van der Waals surface area contributed by atoms with Gasteiger partial charge in [0.1, 0.15) is 11.4 Å². The zero-order chi connectivity index (χ0) is 21.7. The number of ether oxygens (including phenoxy) is 1. The SMILES string of the molecule is COC(=O)c1cc(-c2ccc(F)c(CN)c2)nn(CC=Cc2ccc(Cl)cc2)c1=O. The Hall–Kier alpha value is -3.29. The largest absolute Gasteiger partial charge is 0.465 e. The van der Waals surface area contributed by atoms with E-state index in [0.717, 1.165) is 10.2 Å². The van der Waals surface area contributed by atoms with Crippen LogP contribution in [-0.2, 0) is 17.8 Å². The molecule has 3 aromatic rings. The average molecular weight is 428 g/mol. The number of carbonyl (C=O) groups is 1. The summed E-state index contributed by atoms with van der Waals surface area (Å²) in [6.07, 6.45) is 3.54. The van der Waals surface area contributed by atoms with Crippen molar-refractivity contribution in [2.75, 3.05) is 7.11 Å². The van der Waals surface area contributed by atoms with Crippen molar-refractivity contribution >= 4 is 23.6 Å². The first-order valence-electron chi connectivity index (χ1n) is 9.04. The second-order valence-electron chi connectivity index (χ2n) is 6.39. The Kier molecular flexibility index (Phi) is 6.76. The molecule has 0 saturated carbocycles. The van der Waals surface area contributed by atoms with E-state index in [1.807, 2.05) is 12.1 Å². The highest BCUT2D eigenvalue weighted by Crippen LogP contribution is 2.20. The van der Waals surface area contributed by atoms with E-state index in [-0.39, 0.29) is 18.7 Å². The van der Waals surface area contributed by atoms with Crippen molar-refractivity contribution in [3.8, 4) is 11.3 Å². The quantitative estimate of drug-likeness (QED) is 0.606. The second kappa shape index (κ2) is 9.47. The number of hydrogen-bond acceptors (Lipinski definition) is 5.